The van der Waals surface area contributed by atoms with Crippen LogP contribution in [0.2, 0.25) is 0 Å². The molecule has 0 bridgehead atoms. The SMILES string of the molecule is COc1ccc(CCCOc2ccc(S(=O)(=O)C3CCCCC3C(=O)NO)cc2)cc1. The van der Waals surface area contributed by atoms with Crippen molar-refractivity contribution in [1.29, 1.82) is 0 Å². The van der Waals surface area contributed by atoms with Crippen molar-refractivity contribution in [3.63, 3.8) is 0 Å². The number of rotatable bonds is 9. The number of ether oxygens (including phenoxy) is 2. The van der Waals surface area contributed by atoms with Crippen LogP contribution >= 0.6 is 0 Å². The predicted octanol–water partition coefficient (Wildman–Crippen LogP) is 3.54. The van der Waals surface area contributed by atoms with Gasteiger partial charge in [0.05, 0.1) is 29.8 Å². The fraction of sp³-hybridized carbons (Fsp3) is 0.435. The van der Waals surface area contributed by atoms with E-state index in [-0.39, 0.29) is 4.90 Å². The maximum atomic E-state index is 13.1. The molecule has 3 rings (SSSR count). The van der Waals surface area contributed by atoms with E-state index in [0.717, 1.165) is 31.4 Å². The zero-order valence-electron chi connectivity index (χ0n) is 17.6. The topological polar surface area (TPSA) is 102 Å². The Hall–Kier alpha value is -2.58. The molecular formula is C23H29NO6S. The summed E-state index contributed by atoms with van der Waals surface area (Å²) in [6.07, 6.45) is 4.07. The molecule has 1 saturated carbocycles. The molecule has 1 fully saturated rings. The summed E-state index contributed by atoms with van der Waals surface area (Å²) in [5, 5.41) is 8.13. The van der Waals surface area contributed by atoms with Crippen LogP contribution in [-0.2, 0) is 21.1 Å². The van der Waals surface area contributed by atoms with Crippen molar-refractivity contribution in [3.8, 4) is 11.5 Å². The normalized spacial score (nSPS) is 18.9. The van der Waals surface area contributed by atoms with E-state index in [0.29, 0.717) is 25.2 Å². The highest BCUT2D eigenvalue weighted by molar-refractivity contribution is 7.92. The van der Waals surface area contributed by atoms with Crippen molar-refractivity contribution >= 4 is 15.7 Å². The average Bonchev–Trinajstić information content (AvgIpc) is 2.82. The molecule has 1 aliphatic carbocycles. The van der Waals surface area contributed by atoms with E-state index in [9.17, 15) is 13.2 Å². The molecule has 2 N–H and O–H groups in total. The van der Waals surface area contributed by atoms with E-state index in [4.69, 9.17) is 14.7 Å². The molecule has 8 heteroatoms. The van der Waals surface area contributed by atoms with Gasteiger partial charge < -0.3 is 9.47 Å². The van der Waals surface area contributed by atoms with Gasteiger partial charge in [0.1, 0.15) is 11.5 Å². The second-order valence-corrected chi connectivity index (χ2v) is 9.89. The maximum absolute atomic E-state index is 13.1. The second kappa shape index (κ2) is 10.6. The van der Waals surface area contributed by atoms with Crippen LogP contribution in [-0.4, -0.2) is 38.5 Å². The Morgan fingerprint density at radius 1 is 1.03 bits per heavy atom. The first-order chi connectivity index (χ1) is 15.0. The first-order valence-corrected chi connectivity index (χ1v) is 12.0. The van der Waals surface area contributed by atoms with Gasteiger partial charge in [0.25, 0.3) is 0 Å². The van der Waals surface area contributed by atoms with Crippen LogP contribution in [0.15, 0.2) is 53.4 Å². The summed E-state index contributed by atoms with van der Waals surface area (Å²) in [6, 6.07) is 14.2. The van der Waals surface area contributed by atoms with Crippen LogP contribution < -0.4 is 15.0 Å². The molecule has 1 aliphatic rings. The molecule has 0 aliphatic heterocycles. The Morgan fingerprint density at radius 2 is 1.68 bits per heavy atom. The van der Waals surface area contributed by atoms with E-state index in [1.165, 1.54) is 17.7 Å². The Labute approximate surface area is 183 Å². The fourth-order valence-electron chi connectivity index (χ4n) is 4.01. The monoisotopic (exact) mass is 447 g/mol. The van der Waals surface area contributed by atoms with E-state index in [2.05, 4.69) is 0 Å². The molecule has 168 valence electrons. The zero-order chi connectivity index (χ0) is 22.3. The summed E-state index contributed by atoms with van der Waals surface area (Å²) in [5.41, 5.74) is 2.81. The minimum Gasteiger partial charge on any atom is -0.497 e. The maximum Gasteiger partial charge on any atom is 0.247 e. The minimum absolute atomic E-state index is 0.167. The lowest BCUT2D eigenvalue weighted by atomic mass is 9.88. The van der Waals surface area contributed by atoms with Crippen LogP contribution in [0.3, 0.4) is 0 Å². The molecule has 0 spiro atoms. The van der Waals surface area contributed by atoms with Gasteiger partial charge in [-0.05, 0) is 67.6 Å². The van der Waals surface area contributed by atoms with Gasteiger partial charge in [0.2, 0.25) is 5.91 Å². The highest BCUT2D eigenvalue weighted by atomic mass is 32.2. The molecule has 0 radical (unpaired) electrons. The van der Waals surface area contributed by atoms with Crippen molar-refractivity contribution in [2.24, 2.45) is 5.92 Å². The van der Waals surface area contributed by atoms with Crippen molar-refractivity contribution < 1.29 is 27.9 Å². The standard InChI is InChI=1S/C23H29NO6S/c1-29-18-10-8-17(9-11-18)5-4-16-30-19-12-14-20(15-13-19)31(27,28)22-7-3-2-6-21(22)23(25)24-26/h8-15,21-22,26H,2-7,16H2,1H3,(H,24,25). The number of nitrogens with one attached hydrogen (secondary N) is 1. The van der Waals surface area contributed by atoms with Crippen molar-refractivity contribution in [2.75, 3.05) is 13.7 Å². The Balaban J connectivity index is 1.56. The molecule has 2 unspecified atom stereocenters. The fourth-order valence-corrected chi connectivity index (χ4v) is 6.04. The van der Waals surface area contributed by atoms with Gasteiger partial charge in [-0.15, -0.1) is 0 Å². The van der Waals surface area contributed by atoms with Gasteiger partial charge in [-0.25, -0.2) is 13.9 Å². The quantitative estimate of drug-likeness (QED) is 0.346. The number of hydroxylamine groups is 1. The molecule has 1 amide bonds. The largest absolute Gasteiger partial charge is 0.497 e. The van der Waals surface area contributed by atoms with Gasteiger partial charge in [-0.3, -0.25) is 10.0 Å². The number of methoxy groups -OCH3 is 1. The summed E-state index contributed by atoms with van der Waals surface area (Å²) >= 11 is 0. The van der Waals surface area contributed by atoms with Crippen LogP contribution in [0.25, 0.3) is 0 Å². The van der Waals surface area contributed by atoms with Gasteiger partial charge in [0.15, 0.2) is 9.84 Å². The molecule has 2 atom stereocenters. The number of hydrogen-bond acceptors (Lipinski definition) is 6. The van der Waals surface area contributed by atoms with Gasteiger partial charge in [-0.2, -0.15) is 0 Å². The number of benzene rings is 2. The van der Waals surface area contributed by atoms with Gasteiger partial charge >= 0.3 is 0 Å². The Bertz CT molecular complexity index is 957. The van der Waals surface area contributed by atoms with Crippen LogP contribution in [0, 0.1) is 5.92 Å². The highest BCUT2D eigenvalue weighted by Gasteiger charge is 2.40. The summed E-state index contributed by atoms with van der Waals surface area (Å²) < 4.78 is 37.1. The summed E-state index contributed by atoms with van der Waals surface area (Å²) in [5.74, 6) is 0.0521. The molecule has 2 aromatic carbocycles. The molecular weight excluding hydrogens is 418 g/mol. The third-order valence-corrected chi connectivity index (χ3v) is 8.03. The molecule has 0 saturated heterocycles. The second-order valence-electron chi connectivity index (χ2n) is 7.72. The van der Waals surface area contributed by atoms with E-state index in [1.54, 1.807) is 24.7 Å². The van der Waals surface area contributed by atoms with Crippen LogP contribution in [0.1, 0.15) is 37.7 Å². The lowest BCUT2D eigenvalue weighted by Gasteiger charge is -2.29. The average molecular weight is 448 g/mol. The number of sulfone groups is 1. The third-order valence-electron chi connectivity index (χ3n) is 5.74. The highest BCUT2D eigenvalue weighted by Crippen LogP contribution is 2.34. The Kier molecular flexibility index (Phi) is 7.92. The molecule has 0 aromatic heterocycles. The lowest BCUT2D eigenvalue weighted by Crippen LogP contribution is -2.42. The smallest absolute Gasteiger partial charge is 0.247 e. The summed E-state index contributed by atoms with van der Waals surface area (Å²) in [7, 11) is -2.05. The minimum atomic E-state index is -3.69. The first-order valence-electron chi connectivity index (χ1n) is 10.5. The van der Waals surface area contributed by atoms with Gasteiger partial charge in [-0.1, -0.05) is 25.0 Å². The van der Waals surface area contributed by atoms with Crippen molar-refractivity contribution in [3.05, 3.63) is 54.1 Å². The summed E-state index contributed by atoms with van der Waals surface area (Å²) in [4.78, 5) is 12.1. The van der Waals surface area contributed by atoms with Crippen LogP contribution in [0.4, 0.5) is 0 Å². The molecule has 7 nitrogen and oxygen atoms in total. The predicted molar refractivity (Wildman–Crippen MR) is 116 cm³/mol. The number of carbonyl (C=O) groups excluding carboxylic acids is 1. The third kappa shape index (κ3) is 5.77. The molecule has 31 heavy (non-hydrogen) atoms. The molecule has 0 heterocycles. The first kappa shape index (κ1) is 23.1. The van der Waals surface area contributed by atoms with Gasteiger partial charge in [0, 0.05) is 0 Å². The van der Waals surface area contributed by atoms with E-state index in [1.807, 2.05) is 24.3 Å². The number of aryl methyl sites for hydroxylation is 1. The number of carbonyl (C=O) groups is 1. The molecule has 2 aromatic rings. The summed E-state index contributed by atoms with van der Waals surface area (Å²) in [6.45, 7) is 0.513. The van der Waals surface area contributed by atoms with Crippen molar-refractivity contribution in [1.82, 2.24) is 5.48 Å². The zero-order valence-corrected chi connectivity index (χ0v) is 18.4. The van der Waals surface area contributed by atoms with Crippen molar-refractivity contribution in [2.45, 2.75) is 48.7 Å². The van der Waals surface area contributed by atoms with Crippen LogP contribution in [0.5, 0.6) is 11.5 Å². The van der Waals surface area contributed by atoms with E-state index < -0.39 is 26.9 Å². The number of amides is 1. The van der Waals surface area contributed by atoms with E-state index >= 15 is 0 Å². The lowest BCUT2D eigenvalue weighted by molar-refractivity contribution is -0.134. The Morgan fingerprint density at radius 3 is 2.32 bits per heavy atom. The number of hydrogen-bond donors (Lipinski definition) is 2.